The summed E-state index contributed by atoms with van der Waals surface area (Å²) in [4.78, 5) is 10.8. The average Bonchev–Trinajstić information content (AvgIpc) is 2.29. The molecule has 0 unspecified atom stereocenters. The smallest absolute Gasteiger partial charge is 0.335 e. The Labute approximate surface area is 94.4 Å². The zero-order chi connectivity index (χ0) is 12.0. The van der Waals surface area contributed by atoms with Gasteiger partial charge in [-0.25, -0.2) is 4.79 Å². The van der Waals surface area contributed by atoms with Crippen LogP contribution in [0.25, 0.3) is 0 Å². The highest BCUT2D eigenvalue weighted by atomic mass is 16.5. The summed E-state index contributed by atoms with van der Waals surface area (Å²) < 4.78 is 4.92. The number of carboxylic acid groups (broad SMARTS) is 1. The van der Waals surface area contributed by atoms with E-state index < -0.39 is 5.97 Å². The first-order valence-electron chi connectivity index (χ1n) is 4.97. The first-order valence-corrected chi connectivity index (χ1v) is 4.97. The Morgan fingerprint density at radius 3 is 2.75 bits per heavy atom. The third kappa shape index (κ3) is 3.13. The lowest BCUT2D eigenvalue weighted by Crippen LogP contribution is -2.10. The molecular formula is C11H16N2O3. The van der Waals surface area contributed by atoms with Crippen molar-refractivity contribution >= 4 is 17.3 Å². The molecule has 0 saturated carbocycles. The maximum Gasteiger partial charge on any atom is 0.335 e. The maximum absolute atomic E-state index is 10.8. The molecule has 0 fully saturated rings. The fourth-order valence-corrected chi connectivity index (χ4v) is 1.33. The van der Waals surface area contributed by atoms with Crippen LogP contribution in [0.3, 0.4) is 0 Å². The van der Waals surface area contributed by atoms with Crippen molar-refractivity contribution in [1.82, 2.24) is 0 Å². The molecule has 0 bridgehead atoms. The van der Waals surface area contributed by atoms with E-state index in [4.69, 9.17) is 9.84 Å². The van der Waals surface area contributed by atoms with Gasteiger partial charge in [-0.1, -0.05) is 0 Å². The Bertz CT molecular complexity index is 366. The van der Waals surface area contributed by atoms with Crippen molar-refractivity contribution in [3.63, 3.8) is 0 Å². The lowest BCUT2D eigenvalue weighted by molar-refractivity contribution is 0.0697. The van der Waals surface area contributed by atoms with Gasteiger partial charge in [0.2, 0.25) is 0 Å². The van der Waals surface area contributed by atoms with E-state index in [0.717, 1.165) is 11.4 Å². The number of carboxylic acids is 1. The van der Waals surface area contributed by atoms with Crippen LogP contribution in [0.1, 0.15) is 10.4 Å². The number of hydrogen-bond acceptors (Lipinski definition) is 4. The van der Waals surface area contributed by atoms with Gasteiger partial charge in [0.05, 0.1) is 23.5 Å². The minimum Gasteiger partial charge on any atom is -0.478 e. The summed E-state index contributed by atoms with van der Waals surface area (Å²) in [5, 5.41) is 15.0. The molecule has 16 heavy (non-hydrogen) atoms. The number of benzene rings is 1. The minimum atomic E-state index is -0.933. The number of hydrogen-bond donors (Lipinski definition) is 3. The van der Waals surface area contributed by atoms with E-state index in [1.165, 1.54) is 0 Å². The van der Waals surface area contributed by atoms with Crippen molar-refractivity contribution in [2.75, 3.05) is 37.9 Å². The Hall–Kier alpha value is -1.75. The number of ether oxygens (including phenoxy) is 1. The summed E-state index contributed by atoms with van der Waals surface area (Å²) in [5.74, 6) is -0.933. The molecule has 0 atom stereocenters. The van der Waals surface area contributed by atoms with Crippen LogP contribution in [0, 0.1) is 0 Å². The van der Waals surface area contributed by atoms with Crippen LogP contribution in [0.5, 0.6) is 0 Å². The van der Waals surface area contributed by atoms with Crippen LogP contribution in [0.2, 0.25) is 0 Å². The summed E-state index contributed by atoms with van der Waals surface area (Å²) >= 11 is 0. The molecular weight excluding hydrogens is 208 g/mol. The molecule has 0 radical (unpaired) electrons. The van der Waals surface area contributed by atoms with Gasteiger partial charge in [0.1, 0.15) is 0 Å². The van der Waals surface area contributed by atoms with Gasteiger partial charge < -0.3 is 20.5 Å². The van der Waals surface area contributed by atoms with Gasteiger partial charge in [0, 0.05) is 20.7 Å². The molecule has 1 rings (SSSR count). The number of methoxy groups -OCH3 is 1. The third-order valence-corrected chi connectivity index (χ3v) is 2.16. The second kappa shape index (κ2) is 5.97. The molecule has 0 heterocycles. The minimum absolute atomic E-state index is 0.263. The highest BCUT2D eigenvalue weighted by Crippen LogP contribution is 2.22. The van der Waals surface area contributed by atoms with Crippen LogP contribution < -0.4 is 10.6 Å². The Morgan fingerprint density at radius 1 is 1.44 bits per heavy atom. The van der Waals surface area contributed by atoms with Gasteiger partial charge in [-0.05, 0) is 18.2 Å². The Kier molecular flexibility index (Phi) is 4.60. The van der Waals surface area contributed by atoms with Gasteiger partial charge in [0.15, 0.2) is 0 Å². The maximum atomic E-state index is 10.8. The highest BCUT2D eigenvalue weighted by Gasteiger charge is 2.06. The largest absolute Gasteiger partial charge is 0.478 e. The summed E-state index contributed by atoms with van der Waals surface area (Å²) in [6.07, 6.45) is 0. The molecule has 3 N–H and O–H groups in total. The molecule has 1 aromatic carbocycles. The summed E-state index contributed by atoms with van der Waals surface area (Å²) in [5.41, 5.74) is 1.89. The molecule has 0 aromatic heterocycles. The third-order valence-electron chi connectivity index (χ3n) is 2.16. The van der Waals surface area contributed by atoms with Crippen molar-refractivity contribution in [1.29, 1.82) is 0 Å². The highest BCUT2D eigenvalue weighted by molar-refractivity contribution is 5.90. The first kappa shape index (κ1) is 12.3. The number of aromatic carboxylic acids is 1. The first-order chi connectivity index (χ1) is 7.69. The SMILES string of the molecule is CNc1ccc(C(=O)O)cc1NCCOC. The van der Waals surface area contributed by atoms with Gasteiger partial charge in [-0.15, -0.1) is 0 Å². The Morgan fingerprint density at radius 2 is 2.19 bits per heavy atom. The number of anilines is 2. The lowest BCUT2D eigenvalue weighted by atomic mass is 10.1. The van der Waals surface area contributed by atoms with Crippen molar-refractivity contribution in [3.8, 4) is 0 Å². The van der Waals surface area contributed by atoms with Crippen LogP contribution in [0.15, 0.2) is 18.2 Å². The van der Waals surface area contributed by atoms with Gasteiger partial charge in [-0.3, -0.25) is 0 Å². The van der Waals surface area contributed by atoms with Gasteiger partial charge >= 0.3 is 5.97 Å². The Balaban J connectivity index is 2.84. The average molecular weight is 224 g/mol. The van der Waals surface area contributed by atoms with Gasteiger partial charge in [0.25, 0.3) is 0 Å². The zero-order valence-electron chi connectivity index (χ0n) is 9.41. The molecule has 0 aliphatic heterocycles. The van der Waals surface area contributed by atoms with Crippen LogP contribution in [0.4, 0.5) is 11.4 Å². The second-order valence-electron chi connectivity index (χ2n) is 3.24. The van der Waals surface area contributed by atoms with E-state index in [9.17, 15) is 4.79 Å². The molecule has 1 aromatic rings. The fraction of sp³-hybridized carbons (Fsp3) is 0.364. The quantitative estimate of drug-likeness (QED) is 0.638. The number of carbonyl (C=O) groups is 1. The molecule has 5 nitrogen and oxygen atoms in total. The van der Waals surface area contributed by atoms with Gasteiger partial charge in [-0.2, -0.15) is 0 Å². The van der Waals surface area contributed by atoms with Crippen LogP contribution in [-0.4, -0.2) is 38.4 Å². The van der Waals surface area contributed by atoms with Crippen molar-refractivity contribution in [2.45, 2.75) is 0 Å². The van der Waals surface area contributed by atoms with Crippen molar-refractivity contribution in [2.24, 2.45) is 0 Å². The molecule has 88 valence electrons. The summed E-state index contributed by atoms with van der Waals surface area (Å²) in [7, 11) is 3.41. The predicted molar refractivity (Wildman–Crippen MR) is 63.3 cm³/mol. The van der Waals surface area contributed by atoms with Crippen LogP contribution >= 0.6 is 0 Å². The topological polar surface area (TPSA) is 70.6 Å². The lowest BCUT2D eigenvalue weighted by Gasteiger charge is -2.12. The molecule has 0 spiro atoms. The van der Waals surface area contributed by atoms with E-state index in [-0.39, 0.29) is 5.56 Å². The van der Waals surface area contributed by atoms with E-state index >= 15 is 0 Å². The molecule has 0 aliphatic rings. The predicted octanol–water partition coefficient (Wildman–Crippen LogP) is 1.48. The van der Waals surface area contributed by atoms with E-state index in [1.54, 1.807) is 32.4 Å². The zero-order valence-corrected chi connectivity index (χ0v) is 9.41. The molecule has 0 aliphatic carbocycles. The monoisotopic (exact) mass is 224 g/mol. The van der Waals surface area contributed by atoms with Crippen molar-refractivity contribution < 1.29 is 14.6 Å². The van der Waals surface area contributed by atoms with E-state index in [2.05, 4.69) is 10.6 Å². The van der Waals surface area contributed by atoms with Crippen LogP contribution in [-0.2, 0) is 4.74 Å². The number of nitrogens with one attached hydrogen (secondary N) is 2. The molecule has 0 saturated heterocycles. The standard InChI is InChI=1S/C11H16N2O3/c1-12-9-4-3-8(11(14)15)7-10(9)13-5-6-16-2/h3-4,7,12-13H,5-6H2,1-2H3,(H,14,15). The summed E-state index contributed by atoms with van der Waals surface area (Å²) in [6.45, 7) is 1.20. The summed E-state index contributed by atoms with van der Waals surface area (Å²) in [6, 6.07) is 4.90. The molecule has 5 heteroatoms. The van der Waals surface area contributed by atoms with E-state index in [1.807, 2.05) is 0 Å². The van der Waals surface area contributed by atoms with E-state index in [0.29, 0.717) is 13.2 Å². The normalized spacial score (nSPS) is 9.88. The van der Waals surface area contributed by atoms with Crippen molar-refractivity contribution in [3.05, 3.63) is 23.8 Å². The molecule has 0 amide bonds. The number of rotatable bonds is 6. The fourth-order valence-electron chi connectivity index (χ4n) is 1.33. The second-order valence-corrected chi connectivity index (χ2v) is 3.24.